The molecule has 122 valence electrons. The maximum absolute atomic E-state index is 12.2. The molecule has 0 aliphatic heterocycles. The summed E-state index contributed by atoms with van der Waals surface area (Å²) in [6.45, 7) is 1.68. The molecular weight excluding hydrogens is 330 g/mol. The molecule has 2 aromatic carbocycles. The van der Waals surface area contributed by atoms with Gasteiger partial charge >= 0.3 is 0 Å². The molecule has 1 unspecified atom stereocenters. The summed E-state index contributed by atoms with van der Waals surface area (Å²) in [6, 6.07) is 14.0. The number of hydrogen-bond acceptors (Lipinski definition) is 5. The fourth-order valence-corrected chi connectivity index (χ4v) is 2.22. The predicted molar refractivity (Wildman–Crippen MR) is 89.3 cm³/mol. The lowest BCUT2D eigenvalue weighted by Gasteiger charge is -2.15. The van der Waals surface area contributed by atoms with Crippen molar-refractivity contribution < 1.29 is 9.53 Å². The summed E-state index contributed by atoms with van der Waals surface area (Å²) in [4.78, 5) is 12.2. The third-order valence-electron chi connectivity index (χ3n) is 3.22. The minimum Gasteiger partial charge on any atom is -0.481 e. The fraction of sp³-hybridized carbons (Fsp3) is 0.125. The highest BCUT2D eigenvalue weighted by Gasteiger charge is 2.15. The summed E-state index contributed by atoms with van der Waals surface area (Å²) in [7, 11) is 0. The molecule has 1 aromatic heterocycles. The number of aromatic nitrogens is 4. The predicted octanol–water partition coefficient (Wildman–Crippen LogP) is 2.72. The van der Waals surface area contributed by atoms with Gasteiger partial charge in [-0.1, -0.05) is 17.7 Å². The number of carbonyl (C=O) groups excluding carboxylic acids is 1. The van der Waals surface area contributed by atoms with Crippen LogP contribution in [0.25, 0.3) is 5.69 Å². The SMILES string of the molecule is CC(Oc1ccc(-n2cnnn2)cc1)C(=O)Nc1cccc(Cl)c1. The van der Waals surface area contributed by atoms with E-state index in [9.17, 15) is 4.79 Å². The molecule has 0 radical (unpaired) electrons. The average molecular weight is 344 g/mol. The Morgan fingerprint density at radius 2 is 2.04 bits per heavy atom. The monoisotopic (exact) mass is 343 g/mol. The van der Waals surface area contributed by atoms with E-state index in [4.69, 9.17) is 16.3 Å². The Morgan fingerprint density at radius 1 is 1.25 bits per heavy atom. The number of anilines is 1. The number of tetrazole rings is 1. The normalized spacial score (nSPS) is 11.8. The lowest BCUT2D eigenvalue weighted by atomic mass is 10.3. The first-order valence-electron chi connectivity index (χ1n) is 7.18. The lowest BCUT2D eigenvalue weighted by Crippen LogP contribution is -2.30. The Balaban J connectivity index is 1.61. The number of amides is 1. The van der Waals surface area contributed by atoms with Crippen molar-refractivity contribution in [1.29, 1.82) is 0 Å². The average Bonchev–Trinajstić information content (AvgIpc) is 3.10. The molecule has 7 nitrogen and oxygen atoms in total. The van der Waals surface area contributed by atoms with Gasteiger partial charge < -0.3 is 10.1 Å². The van der Waals surface area contributed by atoms with Crippen molar-refractivity contribution in [3.63, 3.8) is 0 Å². The van der Waals surface area contributed by atoms with Crippen LogP contribution in [0, 0.1) is 0 Å². The molecule has 24 heavy (non-hydrogen) atoms. The number of nitrogens with zero attached hydrogens (tertiary/aromatic N) is 4. The zero-order valence-corrected chi connectivity index (χ0v) is 13.5. The van der Waals surface area contributed by atoms with Crippen LogP contribution < -0.4 is 10.1 Å². The summed E-state index contributed by atoms with van der Waals surface area (Å²) in [5, 5.41) is 14.3. The van der Waals surface area contributed by atoms with Gasteiger partial charge in [0, 0.05) is 10.7 Å². The Bertz CT molecular complexity index is 821. The number of halogens is 1. The van der Waals surface area contributed by atoms with E-state index in [2.05, 4.69) is 20.8 Å². The highest BCUT2D eigenvalue weighted by atomic mass is 35.5. The highest BCUT2D eigenvalue weighted by Crippen LogP contribution is 2.18. The Kier molecular flexibility index (Phi) is 4.72. The molecule has 0 aliphatic carbocycles. The third kappa shape index (κ3) is 3.88. The first kappa shape index (κ1) is 15.9. The van der Waals surface area contributed by atoms with Crippen LogP contribution in [-0.2, 0) is 4.79 Å². The molecule has 1 heterocycles. The van der Waals surface area contributed by atoms with E-state index in [0.717, 1.165) is 5.69 Å². The van der Waals surface area contributed by atoms with Gasteiger partial charge in [-0.15, -0.1) is 5.10 Å². The molecule has 0 spiro atoms. The number of ether oxygens (including phenoxy) is 1. The largest absolute Gasteiger partial charge is 0.481 e. The molecule has 0 saturated heterocycles. The van der Waals surface area contributed by atoms with Gasteiger partial charge in [0.2, 0.25) is 0 Å². The summed E-state index contributed by atoms with van der Waals surface area (Å²) < 4.78 is 7.17. The van der Waals surface area contributed by atoms with Gasteiger partial charge in [0.05, 0.1) is 5.69 Å². The lowest BCUT2D eigenvalue weighted by molar-refractivity contribution is -0.122. The van der Waals surface area contributed by atoms with E-state index in [1.54, 1.807) is 55.5 Å². The minimum absolute atomic E-state index is 0.262. The van der Waals surface area contributed by atoms with E-state index in [1.165, 1.54) is 11.0 Å². The molecule has 8 heteroatoms. The first-order valence-corrected chi connectivity index (χ1v) is 7.56. The van der Waals surface area contributed by atoms with Crippen LogP contribution in [-0.4, -0.2) is 32.2 Å². The number of nitrogens with one attached hydrogen (secondary N) is 1. The third-order valence-corrected chi connectivity index (χ3v) is 3.46. The van der Waals surface area contributed by atoms with Gasteiger partial charge in [0.15, 0.2) is 6.10 Å². The van der Waals surface area contributed by atoms with Crippen molar-refractivity contribution >= 4 is 23.2 Å². The maximum Gasteiger partial charge on any atom is 0.265 e. The van der Waals surface area contributed by atoms with Crippen LogP contribution in [0.5, 0.6) is 5.75 Å². The topological polar surface area (TPSA) is 81.9 Å². The molecule has 1 amide bonds. The number of carbonyl (C=O) groups is 1. The fourth-order valence-electron chi connectivity index (χ4n) is 2.02. The van der Waals surface area contributed by atoms with E-state index in [-0.39, 0.29) is 5.91 Å². The first-order chi connectivity index (χ1) is 11.6. The minimum atomic E-state index is -0.664. The smallest absolute Gasteiger partial charge is 0.265 e. The summed E-state index contributed by atoms with van der Waals surface area (Å²) in [5.74, 6) is 0.308. The van der Waals surface area contributed by atoms with Gasteiger partial charge in [-0.2, -0.15) is 0 Å². The quantitative estimate of drug-likeness (QED) is 0.770. The van der Waals surface area contributed by atoms with E-state index < -0.39 is 6.10 Å². The number of rotatable bonds is 5. The van der Waals surface area contributed by atoms with E-state index in [1.807, 2.05) is 0 Å². The van der Waals surface area contributed by atoms with Crippen molar-refractivity contribution in [2.24, 2.45) is 0 Å². The molecule has 0 fully saturated rings. The van der Waals surface area contributed by atoms with Gasteiger partial charge in [-0.3, -0.25) is 4.79 Å². The molecule has 3 aromatic rings. The highest BCUT2D eigenvalue weighted by molar-refractivity contribution is 6.30. The van der Waals surface area contributed by atoms with Crippen LogP contribution in [0.2, 0.25) is 5.02 Å². The molecule has 0 aliphatic rings. The van der Waals surface area contributed by atoms with Gasteiger partial charge in [0.25, 0.3) is 5.91 Å². The van der Waals surface area contributed by atoms with Crippen LogP contribution in [0.4, 0.5) is 5.69 Å². The van der Waals surface area contributed by atoms with Gasteiger partial charge in [0.1, 0.15) is 12.1 Å². The number of benzene rings is 2. The van der Waals surface area contributed by atoms with Crippen LogP contribution in [0.15, 0.2) is 54.9 Å². The molecular formula is C16H14ClN5O2. The molecule has 1 atom stereocenters. The van der Waals surface area contributed by atoms with Crippen LogP contribution in [0.1, 0.15) is 6.92 Å². The van der Waals surface area contributed by atoms with Crippen molar-refractivity contribution in [2.45, 2.75) is 13.0 Å². The second-order valence-corrected chi connectivity index (χ2v) is 5.44. The Hall–Kier alpha value is -2.93. The summed E-state index contributed by atoms with van der Waals surface area (Å²) in [6.07, 6.45) is 0.833. The summed E-state index contributed by atoms with van der Waals surface area (Å²) >= 11 is 5.90. The van der Waals surface area contributed by atoms with Crippen LogP contribution in [0.3, 0.4) is 0 Å². The molecule has 3 rings (SSSR count). The van der Waals surface area contributed by atoms with Crippen molar-refractivity contribution in [2.75, 3.05) is 5.32 Å². The zero-order valence-electron chi connectivity index (χ0n) is 12.8. The Labute approximate surface area is 143 Å². The maximum atomic E-state index is 12.2. The Morgan fingerprint density at radius 3 is 2.71 bits per heavy atom. The standard InChI is InChI=1S/C16H14ClN5O2/c1-11(16(23)19-13-4-2-3-12(17)9-13)24-15-7-5-14(6-8-15)22-10-18-20-21-22/h2-11H,1H3,(H,19,23). The van der Waals surface area contributed by atoms with Gasteiger partial charge in [-0.25, -0.2) is 4.68 Å². The van der Waals surface area contributed by atoms with E-state index >= 15 is 0 Å². The zero-order chi connectivity index (χ0) is 16.9. The van der Waals surface area contributed by atoms with Crippen molar-refractivity contribution in [3.05, 3.63) is 59.9 Å². The van der Waals surface area contributed by atoms with Crippen LogP contribution >= 0.6 is 11.6 Å². The summed E-state index contributed by atoms with van der Waals surface area (Å²) in [5.41, 5.74) is 1.42. The molecule has 1 N–H and O–H groups in total. The second-order valence-electron chi connectivity index (χ2n) is 5.01. The number of hydrogen-bond donors (Lipinski definition) is 1. The second kappa shape index (κ2) is 7.10. The van der Waals surface area contributed by atoms with E-state index in [0.29, 0.717) is 16.5 Å². The molecule has 0 saturated carbocycles. The van der Waals surface area contributed by atoms with Crippen molar-refractivity contribution in [3.8, 4) is 11.4 Å². The van der Waals surface area contributed by atoms with Crippen molar-refractivity contribution in [1.82, 2.24) is 20.2 Å². The molecule has 0 bridgehead atoms. The van der Waals surface area contributed by atoms with Gasteiger partial charge in [-0.05, 0) is 59.8 Å².